The van der Waals surface area contributed by atoms with E-state index in [1.165, 1.54) is 0 Å². The van der Waals surface area contributed by atoms with Gasteiger partial charge >= 0.3 is 6.03 Å². The molecule has 24 heavy (non-hydrogen) atoms. The van der Waals surface area contributed by atoms with Crippen LogP contribution in [0.1, 0.15) is 12.2 Å². The Kier molecular flexibility index (Phi) is 5.72. The van der Waals surface area contributed by atoms with Gasteiger partial charge in [-0.2, -0.15) is 0 Å². The molecular weight excluding hydrogens is 417 g/mol. The van der Waals surface area contributed by atoms with Crippen LogP contribution in [0.2, 0.25) is 0 Å². The molecule has 2 heterocycles. The minimum Gasteiger partial charge on any atom is -0.337 e. The summed E-state index contributed by atoms with van der Waals surface area (Å²) >= 11 is 2.24. The normalized spacial score (nSPS) is 16.0. The third-order valence-electron chi connectivity index (χ3n) is 4.28. The molecule has 1 fully saturated rings. The number of rotatable bonds is 3. The zero-order chi connectivity index (χ0) is 16.9. The standard InChI is InChI=1S/C17H22IN5O/c1-21-10-7-19-16(21)13-22-8-4-9-23(12-11-22)17(24)20-15-6-3-2-5-14(15)18/h2-3,5-7,10H,4,8-9,11-13H2,1H3,(H,20,24). The van der Waals surface area contributed by atoms with Gasteiger partial charge in [0.2, 0.25) is 0 Å². The van der Waals surface area contributed by atoms with Gasteiger partial charge in [0.25, 0.3) is 0 Å². The molecule has 0 radical (unpaired) electrons. The average molecular weight is 439 g/mol. The largest absolute Gasteiger partial charge is 0.337 e. The monoisotopic (exact) mass is 439 g/mol. The van der Waals surface area contributed by atoms with Crippen LogP contribution in [0.5, 0.6) is 0 Å². The molecule has 2 aromatic rings. The third kappa shape index (κ3) is 4.27. The average Bonchev–Trinajstić information content (AvgIpc) is 2.83. The Hall–Kier alpha value is -1.61. The molecule has 0 atom stereocenters. The highest BCUT2D eigenvalue weighted by Gasteiger charge is 2.20. The van der Waals surface area contributed by atoms with Crippen LogP contribution in [0.4, 0.5) is 10.5 Å². The number of nitrogens with one attached hydrogen (secondary N) is 1. The van der Waals surface area contributed by atoms with Crippen LogP contribution in [0.25, 0.3) is 0 Å². The molecule has 0 unspecified atom stereocenters. The Bertz CT molecular complexity index is 702. The number of aromatic nitrogens is 2. The molecule has 1 aromatic carbocycles. The van der Waals surface area contributed by atoms with Crippen LogP contribution in [0.15, 0.2) is 36.7 Å². The number of anilines is 1. The predicted molar refractivity (Wildman–Crippen MR) is 103 cm³/mol. The molecule has 1 aromatic heterocycles. The molecule has 0 bridgehead atoms. The van der Waals surface area contributed by atoms with E-state index >= 15 is 0 Å². The van der Waals surface area contributed by atoms with E-state index in [0.717, 1.165) is 54.2 Å². The first-order valence-electron chi connectivity index (χ1n) is 8.12. The number of carbonyl (C=O) groups excluding carboxylic acids is 1. The Labute approximate surface area is 156 Å². The SMILES string of the molecule is Cn1ccnc1CN1CCCN(C(=O)Nc2ccccc2I)CC1. The molecule has 2 amide bonds. The summed E-state index contributed by atoms with van der Waals surface area (Å²) in [6, 6.07) is 7.82. The van der Waals surface area contributed by atoms with Gasteiger partial charge in [-0.05, 0) is 41.1 Å². The first kappa shape index (κ1) is 17.2. The maximum atomic E-state index is 12.5. The van der Waals surface area contributed by atoms with Crippen LogP contribution >= 0.6 is 22.6 Å². The van der Waals surface area contributed by atoms with E-state index < -0.39 is 0 Å². The Morgan fingerprint density at radius 1 is 1.25 bits per heavy atom. The van der Waals surface area contributed by atoms with Crippen LogP contribution in [0, 0.1) is 3.57 Å². The van der Waals surface area contributed by atoms with E-state index in [9.17, 15) is 4.79 Å². The first-order valence-corrected chi connectivity index (χ1v) is 9.20. The van der Waals surface area contributed by atoms with Gasteiger partial charge in [-0.15, -0.1) is 0 Å². The molecule has 0 saturated carbocycles. The number of imidazole rings is 1. The zero-order valence-electron chi connectivity index (χ0n) is 13.8. The number of hydrogen-bond acceptors (Lipinski definition) is 3. The molecule has 128 valence electrons. The van der Waals surface area contributed by atoms with E-state index in [4.69, 9.17) is 0 Å². The third-order valence-corrected chi connectivity index (χ3v) is 5.22. The van der Waals surface area contributed by atoms with Crippen molar-refractivity contribution in [2.45, 2.75) is 13.0 Å². The Morgan fingerprint density at radius 2 is 2.08 bits per heavy atom. The lowest BCUT2D eigenvalue weighted by molar-refractivity contribution is 0.210. The number of hydrogen-bond donors (Lipinski definition) is 1. The second-order valence-corrected chi connectivity index (χ2v) is 7.14. The van der Waals surface area contributed by atoms with E-state index in [2.05, 4.69) is 37.8 Å². The molecular formula is C17H22IN5O. The number of nitrogens with zero attached hydrogens (tertiary/aromatic N) is 4. The van der Waals surface area contributed by atoms with Gasteiger partial charge < -0.3 is 14.8 Å². The van der Waals surface area contributed by atoms with E-state index in [0.29, 0.717) is 0 Å². The van der Waals surface area contributed by atoms with Crippen molar-refractivity contribution >= 4 is 34.3 Å². The van der Waals surface area contributed by atoms with Crippen molar-refractivity contribution in [3.05, 3.63) is 46.1 Å². The van der Waals surface area contributed by atoms with Gasteiger partial charge in [-0.25, -0.2) is 9.78 Å². The van der Waals surface area contributed by atoms with Gasteiger partial charge in [0.1, 0.15) is 5.82 Å². The van der Waals surface area contributed by atoms with Crippen molar-refractivity contribution in [1.29, 1.82) is 0 Å². The van der Waals surface area contributed by atoms with Crippen molar-refractivity contribution in [2.75, 3.05) is 31.5 Å². The molecule has 1 aliphatic heterocycles. The lowest BCUT2D eigenvalue weighted by atomic mass is 10.3. The topological polar surface area (TPSA) is 53.4 Å². The van der Waals surface area contributed by atoms with E-state index in [1.807, 2.05) is 53.2 Å². The van der Waals surface area contributed by atoms with Gasteiger partial charge in [-0.1, -0.05) is 12.1 Å². The van der Waals surface area contributed by atoms with Crippen molar-refractivity contribution in [2.24, 2.45) is 7.05 Å². The first-order chi connectivity index (χ1) is 11.6. The van der Waals surface area contributed by atoms with Crippen LogP contribution in [-0.2, 0) is 13.6 Å². The smallest absolute Gasteiger partial charge is 0.321 e. The maximum Gasteiger partial charge on any atom is 0.321 e. The fraction of sp³-hybridized carbons (Fsp3) is 0.412. The summed E-state index contributed by atoms with van der Waals surface area (Å²) in [5.74, 6) is 1.06. The van der Waals surface area contributed by atoms with Gasteiger partial charge in [0, 0.05) is 49.2 Å². The number of benzene rings is 1. The number of carbonyl (C=O) groups is 1. The van der Waals surface area contributed by atoms with Crippen LogP contribution in [-0.4, -0.2) is 51.6 Å². The molecule has 1 aliphatic rings. The summed E-state index contributed by atoms with van der Waals surface area (Å²) in [5, 5.41) is 3.02. The second-order valence-electron chi connectivity index (χ2n) is 5.98. The molecule has 7 heteroatoms. The second kappa shape index (κ2) is 7.98. The highest BCUT2D eigenvalue weighted by molar-refractivity contribution is 14.1. The van der Waals surface area contributed by atoms with Crippen LogP contribution in [0.3, 0.4) is 0 Å². The summed E-state index contributed by atoms with van der Waals surface area (Å²) in [5.41, 5.74) is 0.872. The molecule has 1 saturated heterocycles. The van der Waals surface area contributed by atoms with E-state index in [-0.39, 0.29) is 6.03 Å². The zero-order valence-corrected chi connectivity index (χ0v) is 15.9. The number of aryl methyl sites for hydroxylation is 1. The highest BCUT2D eigenvalue weighted by atomic mass is 127. The maximum absolute atomic E-state index is 12.5. The predicted octanol–water partition coefficient (Wildman–Crippen LogP) is 2.76. The van der Waals surface area contributed by atoms with Crippen molar-refractivity contribution < 1.29 is 4.79 Å². The number of amides is 2. The molecule has 3 rings (SSSR count). The number of urea groups is 1. The quantitative estimate of drug-likeness (QED) is 0.749. The fourth-order valence-electron chi connectivity index (χ4n) is 2.84. The summed E-state index contributed by atoms with van der Waals surface area (Å²) < 4.78 is 3.10. The molecule has 6 nitrogen and oxygen atoms in total. The summed E-state index contributed by atoms with van der Waals surface area (Å²) in [4.78, 5) is 21.2. The summed E-state index contributed by atoms with van der Waals surface area (Å²) in [7, 11) is 2.02. The lowest BCUT2D eigenvalue weighted by Gasteiger charge is -2.22. The Morgan fingerprint density at radius 3 is 2.83 bits per heavy atom. The number of para-hydroxylation sites is 1. The summed E-state index contributed by atoms with van der Waals surface area (Å²) in [6.45, 7) is 4.20. The van der Waals surface area contributed by atoms with Crippen molar-refractivity contribution in [1.82, 2.24) is 19.4 Å². The van der Waals surface area contributed by atoms with Crippen molar-refractivity contribution in [3.8, 4) is 0 Å². The summed E-state index contributed by atoms with van der Waals surface area (Å²) in [6.07, 6.45) is 4.77. The number of halogens is 1. The fourth-order valence-corrected chi connectivity index (χ4v) is 3.36. The minimum absolute atomic E-state index is 0.0158. The van der Waals surface area contributed by atoms with Gasteiger partial charge in [0.05, 0.1) is 12.2 Å². The minimum atomic E-state index is -0.0158. The highest BCUT2D eigenvalue weighted by Crippen LogP contribution is 2.18. The van der Waals surface area contributed by atoms with Crippen molar-refractivity contribution in [3.63, 3.8) is 0 Å². The Balaban J connectivity index is 1.56. The molecule has 0 aliphatic carbocycles. The van der Waals surface area contributed by atoms with E-state index in [1.54, 1.807) is 0 Å². The van der Waals surface area contributed by atoms with Crippen LogP contribution < -0.4 is 5.32 Å². The molecule has 1 N–H and O–H groups in total. The lowest BCUT2D eigenvalue weighted by Crippen LogP contribution is -2.38. The van der Waals surface area contributed by atoms with Gasteiger partial charge in [-0.3, -0.25) is 4.90 Å². The molecule has 0 spiro atoms. The van der Waals surface area contributed by atoms with Gasteiger partial charge in [0.15, 0.2) is 0 Å².